The Hall–Kier alpha value is -2.08. The Morgan fingerprint density at radius 1 is 1.38 bits per heavy atom. The van der Waals surface area contributed by atoms with Crippen molar-refractivity contribution in [2.24, 2.45) is 11.8 Å². The molecule has 0 spiro atoms. The molecule has 2 unspecified atom stereocenters. The van der Waals surface area contributed by atoms with Gasteiger partial charge in [0.2, 0.25) is 5.91 Å². The topological polar surface area (TPSA) is 79.5 Å². The number of carbonyl (C=O) groups is 2. The molecular formula is C15H21N3O3. The smallest absolute Gasteiger partial charge is 0.257 e. The largest absolute Gasteiger partial charge is 0.484 e. The summed E-state index contributed by atoms with van der Waals surface area (Å²) in [6.45, 7) is 3.60. The minimum absolute atomic E-state index is 0.0101. The van der Waals surface area contributed by atoms with Gasteiger partial charge in [0.15, 0.2) is 6.61 Å². The number of likely N-dealkylation sites (N-methyl/N-ethyl adjacent to an activating group) is 1. The molecule has 0 aromatic heterocycles. The molecule has 1 aliphatic rings. The fourth-order valence-electron chi connectivity index (χ4n) is 2.28. The third kappa shape index (κ3) is 4.19. The van der Waals surface area contributed by atoms with Crippen molar-refractivity contribution in [3.8, 4) is 5.75 Å². The Kier molecular flexibility index (Phi) is 5.16. The summed E-state index contributed by atoms with van der Waals surface area (Å²) in [5, 5.41) is 8.59. The fourth-order valence-corrected chi connectivity index (χ4v) is 2.28. The summed E-state index contributed by atoms with van der Waals surface area (Å²) in [6, 6.07) is 7.05. The van der Waals surface area contributed by atoms with Gasteiger partial charge in [-0.3, -0.25) is 9.59 Å². The van der Waals surface area contributed by atoms with Crippen LogP contribution >= 0.6 is 0 Å². The van der Waals surface area contributed by atoms with Crippen molar-refractivity contribution in [3.05, 3.63) is 24.3 Å². The predicted octanol–water partition coefficient (Wildman–Crippen LogP) is 0.605. The van der Waals surface area contributed by atoms with Crippen LogP contribution in [0, 0.1) is 11.8 Å². The number of benzene rings is 1. The Morgan fingerprint density at radius 2 is 2.19 bits per heavy atom. The van der Waals surface area contributed by atoms with E-state index in [-0.39, 0.29) is 24.3 Å². The Labute approximate surface area is 124 Å². The molecule has 2 rings (SSSR count). The molecule has 1 aromatic rings. The lowest BCUT2D eigenvalue weighted by molar-refractivity contribution is -0.122. The molecule has 0 bridgehead atoms. The molecule has 6 heteroatoms. The van der Waals surface area contributed by atoms with Crippen LogP contribution < -0.4 is 20.7 Å². The van der Waals surface area contributed by atoms with Gasteiger partial charge in [-0.1, -0.05) is 13.0 Å². The van der Waals surface area contributed by atoms with Crippen LogP contribution in [0.3, 0.4) is 0 Å². The van der Waals surface area contributed by atoms with Gasteiger partial charge in [0.05, 0.1) is 5.92 Å². The number of hydrogen-bond donors (Lipinski definition) is 3. The summed E-state index contributed by atoms with van der Waals surface area (Å²) >= 11 is 0. The van der Waals surface area contributed by atoms with Gasteiger partial charge in [0.1, 0.15) is 5.75 Å². The molecule has 1 saturated heterocycles. The van der Waals surface area contributed by atoms with Crippen LogP contribution in [0.15, 0.2) is 24.3 Å². The number of nitrogens with one attached hydrogen (secondary N) is 3. The van der Waals surface area contributed by atoms with Gasteiger partial charge in [0.25, 0.3) is 5.91 Å². The number of ether oxygens (including phenoxy) is 1. The fraction of sp³-hybridized carbons (Fsp3) is 0.467. The highest BCUT2D eigenvalue weighted by Gasteiger charge is 2.29. The zero-order valence-electron chi connectivity index (χ0n) is 12.3. The van der Waals surface area contributed by atoms with Crippen LogP contribution in [-0.2, 0) is 9.59 Å². The quantitative estimate of drug-likeness (QED) is 0.742. The van der Waals surface area contributed by atoms with Crippen molar-refractivity contribution in [1.82, 2.24) is 10.6 Å². The van der Waals surface area contributed by atoms with Crippen molar-refractivity contribution in [1.29, 1.82) is 0 Å². The van der Waals surface area contributed by atoms with Crippen LogP contribution in [0.4, 0.5) is 5.69 Å². The molecule has 0 aliphatic carbocycles. The highest BCUT2D eigenvalue weighted by Crippen LogP contribution is 2.21. The summed E-state index contributed by atoms with van der Waals surface area (Å²) in [5.74, 6) is 0.679. The van der Waals surface area contributed by atoms with E-state index in [2.05, 4.69) is 22.9 Å². The molecular weight excluding hydrogens is 270 g/mol. The van der Waals surface area contributed by atoms with E-state index in [0.29, 0.717) is 23.9 Å². The Morgan fingerprint density at radius 3 is 2.86 bits per heavy atom. The highest BCUT2D eigenvalue weighted by atomic mass is 16.5. The molecule has 114 valence electrons. The van der Waals surface area contributed by atoms with Crippen molar-refractivity contribution in [2.45, 2.75) is 6.92 Å². The van der Waals surface area contributed by atoms with Gasteiger partial charge in [-0.25, -0.2) is 0 Å². The van der Waals surface area contributed by atoms with Crippen LogP contribution in [-0.4, -0.2) is 38.6 Å². The van der Waals surface area contributed by atoms with Crippen molar-refractivity contribution in [3.63, 3.8) is 0 Å². The van der Waals surface area contributed by atoms with Crippen LogP contribution in [0.1, 0.15) is 6.92 Å². The molecule has 1 aliphatic heterocycles. The van der Waals surface area contributed by atoms with Gasteiger partial charge in [-0.2, -0.15) is 0 Å². The number of amides is 2. The molecule has 21 heavy (non-hydrogen) atoms. The van der Waals surface area contributed by atoms with E-state index < -0.39 is 0 Å². The third-order valence-corrected chi connectivity index (χ3v) is 3.60. The van der Waals surface area contributed by atoms with E-state index in [9.17, 15) is 9.59 Å². The number of carbonyl (C=O) groups excluding carboxylic acids is 2. The second-order valence-electron chi connectivity index (χ2n) is 5.22. The molecule has 3 N–H and O–H groups in total. The molecule has 0 saturated carbocycles. The summed E-state index contributed by atoms with van der Waals surface area (Å²) in [4.78, 5) is 23.3. The van der Waals surface area contributed by atoms with Crippen molar-refractivity contribution >= 4 is 17.5 Å². The first-order chi connectivity index (χ1) is 10.1. The second-order valence-corrected chi connectivity index (χ2v) is 5.22. The highest BCUT2D eigenvalue weighted by molar-refractivity contribution is 5.93. The Balaban J connectivity index is 1.94. The minimum Gasteiger partial charge on any atom is -0.484 e. The lowest BCUT2D eigenvalue weighted by atomic mass is 9.97. The zero-order chi connectivity index (χ0) is 15.2. The Bertz CT molecular complexity index is 519. The van der Waals surface area contributed by atoms with E-state index in [1.165, 1.54) is 0 Å². The van der Waals surface area contributed by atoms with E-state index >= 15 is 0 Å². The third-order valence-electron chi connectivity index (χ3n) is 3.60. The van der Waals surface area contributed by atoms with E-state index in [1.54, 1.807) is 31.3 Å². The van der Waals surface area contributed by atoms with Gasteiger partial charge in [-0.05, 0) is 24.6 Å². The van der Waals surface area contributed by atoms with Crippen LogP contribution in [0.2, 0.25) is 0 Å². The molecule has 6 nitrogen and oxygen atoms in total. The summed E-state index contributed by atoms with van der Waals surface area (Å²) in [6.07, 6.45) is 0. The van der Waals surface area contributed by atoms with Gasteiger partial charge in [0, 0.05) is 25.3 Å². The maximum atomic E-state index is 12.2. The van der Waals surface area contributed by atoms with E-state index in [0.717, 1.165) is 6.54 Å². The SMILES string of the molecule is CNC(=O)COc1cccc(NC(=O)C2CNCC2C)c1. The first-order valence-corrected chi connectivity index (χ1v) is 7.05. The van der Waals surface area contributed by atoms with E-state index in [1.807, 2.05) is 0 Å². The summed E-state index contributed by atoms with van der Waals surface area (Å²) < 4.78 is 5.35. The first kappa shape index (κ1) is 15.3. The second kappa shape index (κ2) is 7.08. The molecule has 1 aromatic carbocycles. The summed E-state index contributed by atoms with van der Waals surface area (Å²) in [7, 11) is 1.55. The normalized spacial score (nSPS) is 20.9. The average molecular weight is 291 g/mol. The standard InChI is InChI=1S/C15H21N3O3/c1-10-7-17-8-13(10)15(20)18-11-4-3-5-12(6-11)21-9-14(19)16-2/h3-6,10,13,17H,7-9H2,1-2H3,(H,16,19)(H,18,20). The predicted molar refractivity (Wildman–Crippen MR) is 80.2 cm³/mol. The molecule has 2 amide bonds. The molecule has 1 heterocycles. The maximum Gasteiger partial charge on any atom is 0.257 e. The zero-order valence-corrected chi connectivity index (χ0v) is 12.3. The monoisotopic (exact) mass is 291 g/mol. The van der Waals surface area contributed by atoms with Crippen molar-refractivity contribution in [2.75, 3.05) is 32.1 Å². The number of anilines is 1. The lowest BCUT2D eigenvalue weighted by Crippen LogP contribution is -2.27. The van der Waals surface area contributed by atoms with Gasteiger partial charge >= 0.3 is 0 Å². The van der Waals surface area contributed by atoms with Gasteiger partial charge in [-0.15, -0.1) is 0 Å². The maximum absolute atomic E-state index is 12.2. The van der Waals surface area contributed by atoms with Gasteiger partial charge < -0.3 is 20.7 Å². The van der Waals surface area contributed by atoms with Crippen molar-refractivity contribution < 1.29 is 14.3 Å². The average Bonchev–Trinajstić information content (AvgIpc) is 2.91. The van der Waals surface area contributed by atoms with E-state index in [4.69, 9.17) is 4.74 Å². The van der Waals surface area contributed by atoms with Crippen LogP contribution in [0.25, 0.3) is 0 Å². The summed E-state index contributed by atoms with van der Waals surface area (Å²) in [5.41, 5.74) is 0.675. The molecule has 1 fully saturated rings. The number of rotatable bonds is 5. The first-order valence-electron chi connectivity index (χ1n) is 7.05. The minimum atomic E-state index is -0.199. The molecule has 0 radical (unpaired) electrons. The number of hydrogen-bond acceptors (Lipinski definition) is 4. The lowest BCUT2D eigenvalue weighted by Gasteiger charge is -2.14. The van der Waals surface area contributed by atoms with Crippen LogP contribution in [0.5, 0.6) is 5.75 Å². The molecule has 2 atom stereocenters.